The monoisotopic (exact) mass is 310 g/mol. The van der Waals surface area contributed by atoms with Crippen molar-refractivity contribution in [2.24, 2.45) is 0 Å². The molecule has 0 saturated heterocycles. The van der Waals surface area contributed by atoms with Gasteiger partial charge in [0.2, 0.25) is 5.91 Å². The van der Waals surface area contributed by atoms with Gasteiger partial charge in [0.25, 0.3) is 0 Å². The van der Waals surface area contributed by atoms with E-state index in [0.717, 1.165) is 5.56 Å². The molecule has 0 fully saturated rings. The van der Waals surface area contributed by atoms with Crippen molar-refractivity contribution >= 4 is 11.7 Å². The number of aromatic nitrogens is 5. The number of aliphatic hydroxyl groups is 1. The van der Waals surface area contributed by atoms with E-state index in [2.05, 4.69) is 25.6 Å². The second-order valence-electron chi connectivity index (χ2n) is 4.70. The number of hydrogen-bond donors (Lipinski definition) is 2. The molecule has 0 saturated carbocycles. The summed E-state index contributed by atoms with van der Waals surface area (Å²) in [7, 11) is 0. The molecule has 8 heteroatoms. The van der Waals surface area contributed by atoms with E-state index in [9.17, 15) is 9.90 Å². The minimum atomic E-state index is -0.284. The molecule has 0 aromatic carbocycles. The second kappa shape index (κ2) is 6.75. The highest BCUT2D eigenvalue weighted by Crippen LogP contribution is 2.21. The summed E-state index contributed by atoms with van der Waals surface area (Å²) in [4.78, 5) is 20.1. The first kappa shape index (κ1) is 14.8. The van der Waals surface area contributed by atoms with Crippen LogP contribution in [0.5, 0.6) is 0 Å². The van der Waals surface area contributed by atoms with Crippen molar-refractivity contribution in [1.29, 1.82) is 0 Å². The molecule has 0 aliphatic carbocycles. The maximum absolute atomic E-state index is 12.1. The van der Waals surface area contributed by atoms with E-state index in [1.807, 2.05) is 0 Å². The fourth-order valence-corrected chi connectivity index (χ4v) is 2.15. The van der Waals surface area contributed by atoms with Gasteiger partial charge in [-0.25, -0.2) is 9.67 Å². The van der Waals surface area contributed by atoms with Gasteiger partial charge in [0.1, 0.15) is 18.1 Å². The molecule has 0 unspecified atom stereocenters. The first-order chi connectivity index (χ1) is 11.3. The van der Waals surface area contributed by atoms with Gasteiger partial charge in [0.15, 0.2) is 0 Å². The molecule has 3 aromatic heterocycles. The van der Waals surface area contributed by atoms with Crippen molar-refractivity contribution in [3.05, 3.63) is 54.6 Å². The molecular formula is C15H14N6O2. The van der Waals surface area contributed by atoms with Gasteiger partial charge in [-0.2, -0.15) is 0 Å². The van der Waals surface area contributed by atoms with Crippen LogP contribution in [0.4, 0.5) is 5.82 Å². The van der Waals surface area contributed by atoms with Gasteiger partial charge in [0.05, 0.1) is 12.3 Å². The van der Waals surface area contributed by atoms with E-state index in [1.54, 1.807) is 48.9 Å². The Labute approximate surface area is 131 Å². The highest BCUT2D eigenvalue weighted by molar-refractivity contribution is 5.89. The second-order valence-corrected chi connectivity index (χ2v) is 4.70. The zero-order valence-electron chi connectivity index (χ0n) is 12.1. The third-order valence-corrected chi connectivity index (χ3v) is 3.13. The van der Waals surface area contributed by atoms with Crippen LogP contribution in [0.15, 0.2) is 48.9 Å². The molecule has 0 atom stereocenters. The van der Waals surface area contributed by atoms with Gasteiger partial charge in [-0.05, 0) is 24.3 Å². The SMILES string of the molecule is O=C(Cn1nnc(CO)c1-c1ccncc1)Nc1ccccn1. The van der Waals surface area contributed by atoms with Crippen LogP contribution in [-0.4, -0.2) is 36.0 Å². The van der Waals surface area contributed by atoms with Crippen LogP contribution in [0, 0.1) is 0 Å². The van der Waals surface area contributed by atoms with Gasteiger partial charge < -0.3 is 10.4 Å². The lowest BCUT2D eigenvalue weighted by molar-refractivity contribution is -0.116. The van der Waals surface area contributed by atoms with Crippen molar-refractivity contribution in [3.8, 4) is 11.3 Å². The van der Waals surface area contributed by atoms with Crippen molar-refractivity contribution < 1.29 is 9.90 Å². The summed E-state index contributed by atoms with van der Waals surface area (Å²) in [6, 6.07) is 8.78. The highest BCUT2D eigenvalue weighted by Gasteiger charge is 2.16. The Morgan fingerprint density at radius 3 is 2.70 bits per heavy atom. The molecule has 3 heterocycles. The van der Waals surface area contributed by atoms with Crippen molar-refractivity contribution in [3.63, 3.8) is 0 Å². The molecule has 8 nitrogen and oxygen atoms in total. The third kappa shape index (κ3) is 3.38. The summed E-state index contributed by atoms with van der Waals surface area (Å²) >= 11 is 0. The molecule has 0 bridgehead atoms. The zero-order valence-corrected chi connectivity index (χ0v) is 12.1. The fourth-order valence-electron chi connectivity index (χ4n) is 2.15. The summed E-state index contributed by atoms with van der Waals surface area (Å²) in [5.74, 6) is 0.179. The normalized spacial score (nSPS) is 10.5. The van der Waals surface area contributed by atoms with Crippen LogP contribution in [-0.2, 0) is 17.9 Å². The summed E-state index contributed by atoms with van der Waals surface area (Å²) in [5.41, 5.74) is 1.77. The predicted octanol–water partition coefficient (Wildman–Crippen LogP) is 0.866. The van der Waals surface area contributed by atoms with Crippen molar-refractivity contribution in [2.45, 2.75) is 13.2 Å². The summed E-state index contributed by atoms with van der Waals surface area (Å²) in [5, 5.41) is 20.0. The summed E-state index contributed by atoms with van der Waals surface area (Å²) in [6.07, 6.45) is 4.85. The Bertz CT molecular complexity index is 788. The van der Waals surface area contributed by atoms with Gasteiger partial charge in [-0.3, -0.25) is 9.78 Å². The molecule has 3 aromatic rings. The third-order valence-electron chi connectivity index (χ3n) is 3.13. The van der Waals surface area contributed by atoms with E-state index in [-0.39, 0.29) is 19.1 Å². The molecule has 0 spiro atoms. The predicted molar refractivity (Wildman–Crippen MR) is 82.0 cm³/mol. The van der Waals surface area contributed by atoms with Gasteiger partial charge in [-0.15, -0.1) is 5.10 Å². The number of nitrogens with one attached hydrogen (secondary N) is 1. The lowest BCUT2D eigenvalue weighted by atomic mass is 10.1. The minimum Gasteiger partial charge on any atom is -0.390 e. The molecule has 0 aliphatic heterocycles. The van der Waals surface area contributed by atoms with E-state index in [4.69, 9.17) is 0 Å². The van der Waals surface area contributed by atoms with Gasteiger partial charge in [-0.1, -0.05) is 11.3 Å². The smallest absolute Gasteiger partial charge is 0.247 e. The van der Waals surface area contributed by atoms with Crippen LogP contribution < -0.4 is 5.32 Å². The molecule has 0 aliphatic rings. The quantitative estimate of drug-likeness (QED) is 0.724. The average Bonchev–Trinajstić information content (AvgIpc) is 2.99. The number of anilines is 1. The van der Waals surface area contributed by atoms with Gasteiger partial charge >= 0.3 is 0 Å². The highest BCUT2D eigenvalue weighted by atomic mass is 16.3. The van der Waals surface area contributed by atoms with E-state index < -0.39 is 0 Å². The first-order valence-electron chi connectivity index (χ1n) is 6.92. The number of pyridine rings is 2. The Kier molecular flexibility index (Phi) is 4.34. The van der Waals surface area contributed by atoms with Crippen molar-refractivity contribution in [1.82, 2.24) is 25.0 Å². The maximum atomic E-state index is 12.1. The largest absolute Gasteiger partial charge is 0.390 e. The van der Waals surface area contributed by atoms with E-state index in [0.29, 0.717) is 17.2 Å². The summed E-state index contributed by atoms with van der Waals surface area (Å²) in [6.45, 7) is -0.305. The van der Waals surface area contributed by atoms with E-state index in [1.165, 1.54) is 4.68 Å². The Morgan fingerprint density at radius 1 is 1.17 bits per heavy atom. The van der Waals surface area contributed by atoms with Crippen LogP contribution in [0.1, 0.15) is 5.69 Å². The minimum absolute atomic E-state index is 0.0404. The Balaban J connectivity index is 1.83. The van der Waals surface area contributed by atoms with Crippen LogP contribution in [0.2, 0.25) is 0 Å². The standard InChI is InChI=1S/C15H14N6O2/c22-10-12-15(11-4-7-16-8-5-11)21(20-19-12)9-14(23)18-13-3-1-2-6-17-13/h1-8,22H,9-10H2,(H,17,18,23). The van der Waals surface area contributed by atoms with Crippen LogP contribution >= 0.6 is 0 Å². The van der Waals surface area contributed by atoms with Crippen molar-refractivity contribution in [2.75, 3.05) is 5.32 Å². The Morgan fingerprint density at radius 2 is 2.00 bits per heavy atom. The summed E-state index contributed by atoms with van der Waals surface area (Å²) < 4.78 is 1.44. The zero-order chi connectivity index (χ0) is 16.1. The molecule has 116 valence electrons. The molecule has 0 radical (unpaired) electrons. The number of carbonyl (C=O) groups excluding carboxylic acids is 1. The number of rotatable bonds is 5. The number of hydrogen-bond acceptors (Lipinski definition) is 6. The number of carbonyl (C=O) groups is 1. The molecular weight excluding hydrogens is 296 g/mol. The topological polar surface area (TPSA) is 106 Å². The molecule has 1 amide bonds. The number of nitrogens with zero attached hydrogens (tertiary/aromatic N) is 5. The van der Waals surface area contributed by atoms with Gasteiger partial charge in [0, 0.05) is 24.2 Å². The lowest BCUT2D eigenvalue weighted by Gasteiger charge is -2.08. The average molecular weight is 310 g/mol. The number of aliphatic hydroxyl groups excluding tert-OH is 1. The van der Waals surface area contributed by atoms with Crippen LogP contribution in [0.25, 0.3) is 11.3 Å². The molecule has 2 N–H and O–H groups in total. The Hall–Kier alpha value is -3.13. The maximum Gasteiger partial charge on any atom is 0.247 e. The molecule has 23 heavy (non-hydrogen) atoms. The number of amides is 1. The lowest BCUT2D eigenvalue weighted by Crippen LogP contribution is -2.20. The van der Waals surface area contributed by atoms with Crippen LogP contribution in [0.3, 0.4) is 0 Å². The fraction of sp³-hybridized carbons (Fsp3) is 0.133. The first-order valence-corrected chi connectivity index (χ1v) is 6.92. The molecule has 3 rings (SSSR count). The van der Waals surface area contributed by atoms with E-state index >= 15 is 0 Å².